The van der Waals surface area contributed by atoms with Crippen molar-refractivity contribution in [3.05, 3.63) is 29.8 Å². The van der Waals surface area contributed by atoms with Gasteiger partial charge in [-0.3, -0.25) is 13.9 Å². The predicted octanol–water partition coefficient (Wildman–Crippen LogP) is 2.34. The van der Waals surface area contributed by atoms with Crippen molar-refractivity contribution in [2.45, 2.75) is 39.0 Å². The molecule has 0 spiro atoms. The van der Waals surface area contributed by atoms with Crippen LogP contribution in [-0.4, -0.2) is 68.5 Å². The number of hydrogen-bond donors (Lipinski definition) is 0. The smallest absolute Gasteiger partial charge is 0.253 e. The van der Waals surface area contributed by atoms with Crippen LogP contribution in [0, 0.1) is 11.8 Å². The summed E-state index contributed by atoms with van der Waals surface area (Å²) in [6, 6.07) is 6.84. The molecule has 0 atom stereocenters. The fraction of sp³-hybridized carbons (Fsp3) is 0.636. The van der Waals surface area contributed by atoms with Crippen LogP contribution in [0.15, 0.2) is 24.3 Å². The Morgan fingerprint density at radius 2 is 1.47 bits per heavy atom. The highest BCUT2D eigenvalue weighted by Crippen LogP contribution is 2.26. The topological polar surface area (TPSA) is 78.0 Å². The lowest BCUT2D eigenvalue weighted by Crippen LogP contribution is -2.46. The quantitative estimate of drug-likeness (QED) is 0.733. The van der Waals surface area contributed by atoms with E-state index in [0.717, 1.165) is 25.9 Å². The molecule has 2 amide bonds. The fourth-order valence-electron chi connectivity index (χ4n) is 4.70. The van der Waals surface area contributed by atoms with Crippen LogP contribution in [0.5, 0.6) is 0 Å². The molecular formula is C22H31N3O4S. The van der Waals surface area contributed by atoms with E-state index >= 15 is 0 Å². The Morgan fingerprint density at radius 3 is 2.03 bits per heavy atom. The Balaban J connectivity index is 1.32. The van der Waals surface area contributed by atoms with Crippen LogP contribution in [0.2, 0.25) is 0 Å². The van der Waals surface area contributed by atoms with Gasteiger partial charge in [-0.1, -0.05) is 6.92 Å². The largest absolute Gasteiger partial charge is 0.342 e. The van der Waals surface area contributed by atoms with Gasteiger partial charge in [0.25, 0.3) is 5.91 Å². The van der Waals surface area contributed by atoms with E-state index < -0.39 is 10.0 Å². The molecule has 3 heterocycles. The van der Waals surface area contributed by atoms with Crippen molar-refractivity contribution in [1.29, 1.82) is 0 Å². The summed E-state index contributed by atoms with van der Waals surface area (Å²) in [6.45, 7) is 5.62. The predicted molar refractivity (Wildman–Crippen MR) is 116 cm³/mol. The number of benzene rings is 1. The molecule has 4 rings (SSSR count). The van der Waals surface area contributed by atoms with Gasteiger partial charge >= 0.3 is 0 Å². The minimum Gasteiger partial charge on any atom is -0.342 e. The molecular weight excluding hydrogens is 402 g/mol. The summed E-state index contributed by atoms with van der Waals surface area (Å²) in [5.41, 5.74) is 1.18. The maximum atomic E-state index is 12.9. The minimum atomic E-state index is -3.22. The summed E-state index contributed by atoms with van der Waals surface area (Å²) in [6.07, 6.45) is 4.21. The summed E-state index contributed by atoms with van der Waals surface area (Å²) in [5.74, 6) is 1.10. The van der Waals surface area contributed by atoms with Crippen molar-refractivity contribution >= 4 is 27.5 Å². The zero-order chi connectivity index (χ0) is 21.3. The molecule has 1 aromatic carbocycles. The zero-order valence-corrected chi connectivity index (χ0v) is 18.4. The lowest BCUT2D eigenvalue weighted by Gasteiger charge is -2.36. The molecule has 1 aromatic rings. The first-order chi connectivity index (χ1) is 14.3. The second kappa shape index (κ2) is 8.57. The first-order valence-electron chi connectivity index (χ1n) is 11.0. The van der Waals surface area contributed by atoms with Crippen LogP contribution in [0.1, 0.15) is 49.4 Å². The van der Waals surface area contributed by atoms with Crippen molar-refractivity contribution in [3.63, 3.8) is 0 Å². The molecule has 3 aliphatic rings. The Labute approximate surface area is 179 Å². The molecule has 0 saturated carbocycles. The van der Waals surface area contributed by atoms with Gasteiger partial charge < -0.3 is 9.80 Å². The lowest BCUT2D eigenvalue weighted by molar-refractivity contribution is -0.138. The Kier molecular flexibility index (Phi) is 6.04. The number of piperidine rings is 2. The van der Waals surface area contributed by atoms with Crippen molar-refractivity contribution < 1.29 is 18.0 Å². The van der Waals surface area contributed by atoms with Gasteiger partial charge in [0.1, 0.15) is 0 Å². The molecule has 30 heavy (non-hydrogen) atoms. The highest BCUT2D eigenvalue weighted by Gasteiger charge is 2.32. The van der Waals surface area contributed by atoms with Crippen molar-refractivity contribution in [2.24, 2.45) is 11.8 Å². The maximum absolute atomic E-state index is 12.9. The van der Waals surface area contributed by atoms with Crippen LogP contribution >= 0.6 is 0 Å². The summed E-state index contributed by atoms with van der Waals surface area (Å²) < 4.78 is 25.5. The maximum Gasteiger partial charge on any atom is 0.253 e. The number of likely N-dealkylation sites (tertiary alicyclic amines) is 2. The molecule has 0 N–H and O–H groups in total. The number of nitrogens with zero attached hydrogens (tertiary/aromatic N) is 3. The molecule has 3 saturated heterocycles. The van der Waals surface area contributed by atoms with E-state index in [4.69, 9.17) is 0 Å². The molecule has 8 heteroatoms. The number of carbonyl (C=O) groups is 2. The van der Waals surface area contributed by atoms with Crippen molar-refractivity contribution in [3.8, 4) is 0 Å². The average Bonchev–Trinajstić information content (AvgIpc) is 3.12. The van der Waals surface area contributed by atoms with Crippen molar-refractivity contribution in [2.75, 3.05) is 42.8 Å². The van der Waals surface area contributed by atoms with Gasteiger partial charge in [-0.25, -0.2) is 8.42 Å². The summed E-state index contributed by atoms with van der Waals surface area (Å²) in [7, 11) is -3.22. The summed E-state index contributed by atoms with van der Waals surface area (Å²) in [5, 5.41) is 0. The van der Waals surface area contributed by atoms with Crippen LogP contribution in [0.4, 0.5) is 5.69 Å². The van der Waals surface area contributed by atoms with Crippen LogP contribution in [-0.2, 0) is 14.8 Å². The molecule has 164 valence electrons. The number of anilines is 1. The summed E-state index contributed by atoms with van der Waals surface area (Å²) >= 11 is 0. The molecule has 0 aliphatic carbocycles. The molecule has 7 nitrogen and oxygen atoms in total. The monoisotopic (exact) mass is 433 g/mol. The third-order valence-electron chi connectivity index (χ3n) is 6.73. The van der Waals surface area contributed by atoms with Gasteiger partial charge in [0.15, 0.2) is 0 Å². The number of rotatable bonds is 3. The van der Waals surface area contributed by atoms with E-state index in [1.54, 1.807) is 24.3 Å². The van der Waals surface area contributed by atoms with E-state index in [2.05, 4.69) is 6.92 Å². The minimum absolute atomic E-state index is 0.0187. The molecule has 0 aromatic heterocycles. The summed E-state index contributed by atoms with van der Waals surface area (Å²) in [4.78, 5) is 29.5. The van der Waals surface area contributed by atoms with E-state index in [0.29, 0.717) is 56.1 Å². The third kappa shape index (κ3) is 4.33. The molecule has 3 fully saturated rings. The van der Waals surface area contributed by atoms with E-state index in [9.17, 15) is 18.0 Å². The second-order valence-corrected chi connectivity index (χ2v) is 10.9. The Bertz CT molecular complexity index is 883. The molecule has 0 radical (unpaired) electrons. The zero-order valence-electron chi connectivity index (χ0n) is 17.6. The number of carbonyl (C=O) groups excluding carboxylic acids is 2. The van der Waals surface area contributed by atoms with Gasteiger partial charge in [-0.2, -0.15) is 0 Å². The molecule has 3 aliphatic heterocycles. The number of sulfonamides is 1. The van der Waals surface area contributed by atoms with Crippen LogP contribution < -0.4 is 4.31 Å². The van der Waals surface area contributed by atoms with E-state index in [1.165, 1.54) is 4.31 Å². The third-order valence-corrected chi connectivity index (χ3v) is 8.60. The van der Waals surface area contributed by atoms with Gasteiger partial charge in [0.2, 0.25) is 15.9 Å². The SMILES string of the molecule is CC1CCN(C(=O)C2CCN(C(=O)c3ccc(N4CCCS4(=O)=O)cc3)CC2)CC1. The van der Waals surface area contributed by atoms with Gasteiger partial charge in [-0.15, -0.1) is 0 Å². The van der Waals surface area contributed by atoms with Gasteiger partial charge in [-0.05, 0) is 62.3 Å². The normalized spacial score (nSPS) is 23.0. The number of hydrogen-bond acceptors (Lipinski definition) is 4. The molecule has 0 unspecified atom stereocenters. The highest BCUT2D eigenvalue weighted by molar-refractivity contribution is 7.93. The van der Waals surface area contributed by atoms with Crippen molar-refractivity contribution in [1.82, 2.24) is 9.80 Å². The van der Waals surface area contributed by atoms with Crippen LogP contribution in [0.25, 0.3) is 0 Å². The average molecular weight is 434 g/mol. The standard InChI is InChI=1S/C22H31N3O4S/c1-17-7-12-23(13-8-17)22(27)19-9-14-24(15-10-19)21(26)18-3-5-20(6-4-18)25-11-2-16-30(25,28)29/h3-6,17,19H,2,7-16H2,1H3. The van der Waals surface area contributed by atoms with Gasteiger partial charge in [0, 0.05) is 44.2 Å². The Morgan fingerprint density at radius 1 is 0.867 bits per heavy atom. The lowest BCUT2D eigenvalue weighted by atomic mass is 9.92. The first-order valence-corrected chi connectivity index (χ1v) is 12.6. The van der Waals surface area contributed by atoms with E-state index in [1.807, 2.05) is 9.80 Å². The van der Waals surface area contributed by atoms with Gasteiger partial charge in [0.05, 0.1) is 11.4 Å². The second-order valence-electron chi connectivity index (χ2n) is 8.86. The highest BCUT2D eigenvalue weighted by atomic mass is 32.2. The Hall–Kier alpha value is -2.09. The molecule has 0 bridgehead atoms. The number of amides is 2. The fourth-order valence-corrected chi connectivity index (χ4v) is 6.26. The van der Waals surface area contributed by atoms with Crippen LogP contribution in [0.3, 0.4) is 0 Å². The van der Waals surface area contributed by atoms with E-state index in [-0.39, 0.29) is 23.5 Å². The first kappa shape index (κ1) is 21.2.